The van der Waals surface area contributed by atoms with Crippen molar-refractivity contribution in [3.63, 3.8) is 0 Å². The lowest BCUT2D eigenvalue weighted by Crippen LogP contribution is -2.53. The van der Waals surface area contributed by atoms with Crippen molar-refractivity contribution in [3.05, 3.63) is 53.6 Å². The van der Waals surface area contributed by atoms with Gasteiger partial charge >= 0.3 is 0 Å². The van der Waals surface area contributed by atoms with Crippen molar-refractivity contribution in [2.45, 2.75) is 25.1 Å². The van der Waals surface area contributed by atoms with Crippen LogP contribution < -0.4 is 10.2 Å². The Labute approximate surface area is 157 Å². The van der Waals surface area contributed by atoms with Gasteiger partial charge in [0.25, 0.3) is 5.91 Å². The Bertz CT molecular complexity index is 1140. The van der Waals surface area contributed by atoms with Crippen molar-refractivity contribution in [1.29, 1.82) is 0 Å². The number of anilines is 1. The van der Waals surface area contributed by atoms with E-state index in [4.69, 9.17) is 0 Å². The molecule has 28 heavy (non-hydrogen) atoms. The van der Waals surface area contributed by atoms with E-state index in [-0.39, 0.29) is 30.3 Å². The van der Waals surface area contributed by atoms with Crippen LogP contribution in [-0.4, -0.2) is 38.9 Å². The average molecular weight is 379 g/mol. The number of piperidine rings is 1. The van der Waals surface area contributed by atoms with Crippen LogP contribution in [0, 0.1) is 0 Å². The summed E-state index contributed by atoms with van der Waals surface area (Å²) in [6.07, 6.45) is 3.13. The van der Waals surface area contributed by atoms with Gasteiger partial charge in [-0.05, 0) is 12.5 Å². The van der Waals surface area contributed by atoms with E-state index < -0.39 is 18.1 Å². The van der Waals surface area contributed by atoms with Crippen LogP contribution in [0.15, 0.2) is 36.8 Å². The molecule has 3 aromatic rings. The van der Waals surface area contributed by atoms with E-state index in [1.54, 1.807) is 18.2 Å². The molecule has 1 fully saturated rings. The summed E-state index contributed by atoms with van der Waals surface area (Å²) in [7, 11) is 0. The topological polar surface area (TPSA) is 108 Å². The van der Waals surface area contributed by atoms with Crippen molar-refractivity contribution in [2.24, 2.45) is 0 Å². The highest BCUT2D eigenvalue weighted by Gasteiger charge is 2.41. The van der Waals surface area contributed by atoms with Gasteiger partial charge in [-0.25, -0.2) is 4.39 Å². The van der Waals surface area contributed by atoms with Gasteiger partial charge in [0.2, 0.25) is 11.8 Å². The van der Waals surface area contributed by atoms with Crippen LogP contribution in [-0.2, 0) is 9.59 Å². The monoisotopic (exact) mass is 379 g/mol. The number of benzene rings is 1. The second-order valence-electron chi connectivity index (χ2n) is 6.79. The Hall–Kier alpha value is -3.62. The number of carbonyl (C=O) groups excluding carboxylic acids is 3. The number of alkyl halides is 1. The normalized spacial score (nSPS) is 20.0. The van der Waals surface area contributed by atoms with Crippen molar-refractivity contribution in [1.82, 2.24) is 20.5 Å². The molecule has 4 heterocycles. The molecule has 0 aliphatic carbocycles. The fourth-order valence-corrected chi connectivity index (χ4v) is 3.90. The zero-order valence-electron chi connectivity index (χ0n) is 14.5. The minimum atomic E-state index is -1.51. The molecule has 2 N–H and O–H groups in total. The number of aromatic nitrogens is 3. The predicted molar refractivity (Wildman–Crippen MR) is 96.3 cm³/mol. The van der Waals surface area contributed by atoms with Crippen molar-refractivity contribution >= 4 is 34.2 Å². The lowest BCUT2D eigenvalue weighted by molar-refractivity contribution is -0.134. The standard InChI is InChI=1S/C19H14FN5O3/c20-16(9-6-22-23-7-9)17-10-2-1-3-11-15(10)13(8-21-17)25(19(11)28)12-4-5-14(26)24-18(12)27/h1-3,6-8,12,16H,4-5H2,(H,22,23)(H,24,26,27). The van der Waals surface area contributed by atoms with Gasteiger partial charge in [0.15, 0.2) is 6.17 Å². The van der Waals surface area contributed by atoms with Crippen molar-refractivity contribution < 1.29 is 18.8 Å². The van der Waals surface area contributed by atoms with E-state index in [0.717, 1.165) is 0 Å². The third kappa shape index (κ3) is 2.25. The highest BCUT2D eigenvalue weighted by Crippen LogP contribution is 2.42. The summed E-state index contributed by atoms with van der Waals surface area (Å²) in [4.78, 5) is 42.5. The third-order valence-corrected chi connectivity index (χ3v) is 5.21. The minimum Gasteiger partial charge on any atom is -0.295 e. The third-order valence-electron chi connectivity index (χ3n) is 5.21. The van der Waals surface area contributed by atoms with Crippen molar-refractivity contribution in [2.75, 3.05) is 4.90 Å². The van der Waals surface area contributed by atoms with E-state index in [2.05, 4.69) is 20.5 Å². The summed E-state index contributed by atoms with van der Waals surface area (Å²) in [5.41, 5.74) is 1.35. The second kappa shape index (κ2) is 5.95. The van der Waals surface area contributed by atoms with Crippen LogP contribution in [0.3, 0.4) is 0 Å². The molecule has 2 atom stereocenters. The van der Waals surface area contributed by atoms with Crippen molar-refractivity contribution in [3.8, 4) is 0 Å². The molecule has 2 aromatic heterocycles. The van der Waals surface area contributed by atoms with Gasteiger partial charge < -0.3 is 0 Å². The Morgan fingerprint density at radius 2 is 2.07 bits per heavy atom. The number of H-pyrrole nitrogens is 1. The molecule has 9 heteroatoms. The molecule has 1 aromatic carbocycles. The van der Waals surface area contributed by atoms with E-state index in [1.165, 1.54) is 23.5 Å². The fraction of sp³-hybridized carbons (Fsp3) is 0.211. The van der Waals surface area contributed by atoms with Crippen LogP contribution >= 0.6 is 0 Å². The van der Waals surface area contributed by atoms with Gasteiger partial charge in [0, 0.05) is 34.5 Å². The van der Waals surface area contributed by atoms with Crippen LogP contribution in [0.25, 0.3) is 10.8 Å². The lowest BCUT2D eigenvalue weighted by atomic mass is 10.0. The quantitative estimate of drug-likeness (QED) is 0.675. The number of imide groups is 1. The summed E-state index contributed by atoms with van der Waals surface area (Å²) in [6.45, 7) is 0. The highest BCUT2D eigenvalue weighted by molar-refractivity contribution is 6.27. The first-order valence-electron chi connectivity index (χ1n) is 8.78. The maximum Gasteiger partial charge on any atom is 0.259 e. The smallest absolute Gasteiger partial charge is 0.259 e. The molecule has 2 aliphatic heterocycles. The first-order chi connectivity index (χ1) is 13.6. The summed E-state index contributed by atoms with van der Waals surface area (Å²) in [5, 5.41) is 9.69. The zero-order valence-corrected chi connectivity index (χ0v) is 14.5. The molecular weight excluding hydrogens is 365 g/mol. The number of nitrogens with one attached hydrogen (secondary N) is 2. The van der Waals surface area contributed by atoms with Crippen LogP contribution in [0.2, 0.25) is 0 Å². The molecule has 140 valence electrons. The number of aromatic amines is 1. The van der Waals surface area contributed by atoms with Gasteiger partial charge in [-0.1, -0.05) is 12.1 Å². The van der Waals surface area contributed by atoms with Gasteiger partial charge in [-0.3, -0.25) is 34.7 Å². The molecule has 0 saturated carbocycles. The first-order valence-corrected chi connectivity index (χ1v) is 8.78. The summed E-state index contributed by atoms with van der Waals surface area (Å²) in [5.74, 6) is -1.23. The van der Waals surface area contributed by atoms with E-state index >= 15 is 4.39 Å². The van der Waals surface area contributed by atoms with E-state index in [0.29, 0.717) is 27.6 Å². The second-order valence-corrected chi connectivity index (χ2v) is 6.79. The molecule has 8 nitrogen and oxygen atoms in total. The molecule has 5 rings (SSSR count). The summed E-state index contributed by atoms with van der Waals surface area (Å²) < 4.78 is 15.0. The molecule has 3 amide bonds. The maximum absolute atomic E-state index is 15.0. The van der Waals surface area contributed by atoms with E-state index in [9.17, 15) is 14.4 Å². The fourth-order valence-electron chi connectivity index (χ4n) is 3.90. The number of pyridine rings is 1. The highest BCUT2D eigenvalue weighted by atomic mass is 19.1. The Balaban J connectivity index is 1.65. The molecule has 0 radical (unpaired) electrons. The van der Waals surface area contributed by atoms with Crippen LogP contribution in [0.4, 0.5) is 10.1 Å². The number of nitrogens with zero attached hydrogens (tertiary/aromatic N) is 3. The maximum atomic E-state index is 15.0. The molecule has 2 unspecified atom stereocenters. The SMILES string of the molecule is O=C1CCC(N2C(=O)c3cccc4c(C(F)c5cn[nH]c5)ncc2c34)C(=O)N1. The molecule has 0 spiro atoms. The predicted octanol–water partition coefficient (Wildman–Crippen LogP) is 1.78. The van der Waals surface area contributed by atoms with Crippen LogP contribution in [0.1, 0.15) is 40.6 Å². The van der Waals surface area contributed by atoms with Gasteiger partial charge in [-0.15, -0.1) is 0 Å². The van der Waals surface area contributed by atoms with Gasteiger partial charge in [0.1, 0.15) is 6.04 Å². The largest absolute Gasteiger partial charge is 0.295 e. The molecule has 0 bridgehead atoms. The molecular formula is C19H14FN5O3. The number of amides is 3. The molecule has 1 saturated heterocycles. The lowest BCUT2D eigenvalue weighted by Gasteiger charge is -2.30. The Morgan fingerprint density at radius 3 is 2.82 bits per heavy atom. The number of halogens is 1. The summed E-state index contributed by atoms with van der Waals surface area (Å²) >= 11 is 0. The number of hydrogen-bond donors (Lipinski definition) is 2. The summed E-state index contributed by atoms with van der Waals surface area (Å²) in [6, 6.07) is 4.22. The van der Waals surface area contributed by atoms with Crippen LogP contribution in [0.5, 0.6) is 0 Å². The first kappa shape index (κ1) is 16.5. The number of carbonyl (C=O) groups is 3. The Morgan fingerprint density at radius 1 is 1.21 bits per heavy atom. The van der Waals surface area contributed by atoms with Gasteiger partial charge in [-0.2, -0.15) is 5.10 Å². The van der Waals surface area contributed by atoms with Gasteiger partial charge in [0.05, 0.1) is 23.8 Å². The minimum absolute atomic E-state index is 0.151. The molecule has 2 aliphatic rings. The Kier molecular flexibility index (Phi) is 3.51. The zero-order chi connectivity index (χ0) is 19.4. The number of rotatable bonds is 3. The average Bonchev–Trinajstić information content (AvgIpc) is 3.31. The van der Waals surface area contributed by atoms with E-state index in [1.807, 2.05) is 0 Å². The number of hydrogen-bond acceptors (Lipinski definition) is 5.